The second-order valence-electron chi connectivity index (χ2n) is 3.71. The van der Waals surface area contributed by atoms with Gasteiger partial charge in [0.25, 0.3) is 0 Å². The summed E-state index contributed by atoms with van der Waals surface area (Å²) in [5, 5.41) is 8.89. The van der Waals surface area contributed by atoms with Crippen molar-refractivity contribution in [2.75, 3.05) is 20.1 Å². The maximum Gasteiger partial charge on any atom is 0.310 e. The number of rotatable bonds is 1. The maximum atomic E-state index is 10.8. The van der Waals surface area contributed by atoms with Crippen LogP contribution in [-0.2, 0) is 4.79 Å². The van der Waals surface area contributed by atoms with Crippen LogP contribution < -0.4 is 0 Å². The number of carboxylic acid groups (broad SMARTS) is 1. The second-order valence-corrected chi connectivity index (χ2v) is 3.71. The molecule has 0 aromatic carbocycles. The monoisotopic (exact) mass is 157 g/mol. The van der Waals surface area contributed by atoms with Crippen LogP contribution in [0, 0.1) is 5.41 Å². The van der Waals surface area contributed by atoms with E-state index in [1.54, 1.807) is 0 Å². The van der Waals surface area contributed by atoms with E-state index in [-0.39, 0.29) is 0 Å². The Balaban J connectivity index is 2.63. The molecule has 1 N–H and O–H groups in total. The average Bonchev–Trinajstić information content (AvgIpc) is 1.86. The highest BCUT2D eigenvalue weighted by atomic mass is 16.4. The standard InChI is InChI=1S/C8H15NO2/c1-8(7(10)11)4-3-5-9(2)6-8/h3-6H2,1-2H3,(H,10,11). The van der Waals surface area contributed by atoms with Crippen LogP contribution >= 0.6 is 0 Å². The lowest BCUT2D eigenvalue weighted by Gasteiger charge is -2.35. The summed E-state index contributed by atoms with van der Waals surface area (Å²) in [5.74, 6) is -0.663. The molecule has 1 rings (SSSR count). The highest BCUT2D eigenvalue weighted by molar-refractivity contribution is 5.74. The Morgan fingerprint density at radius 2 is 2.27 bits per heavy atom. The van der Waals surface area contributed by atoms with Gasteiger partial charge in [-0.05, 0) is 33.4 Å². The molecule has 1 unspecified atom stereocenters. The number of carbonyl (C=O) groups is 1. The smallest absolute Gasteiger partial charge is 0.310 e. The molecule has 0 radical (unpaired) electrons. The Morgan fingerprint density at radius 3 is 2.64 bits per heavy atom. The molecule has 1 atom stereocenters. The average molecular weight is 157 g/mol. The SMILES string of the molecule is CN1CCCC(C)(C(=O)O)C1. The summed E-state index contributed by atoms with van der Waals surface area (Å²) in [6, 6.07) is 0. The minimum Gasteiger partial charge on any atom is -0.481 e. The number of carboxylic acids is 1. The van der Waals surface area contributed by atoms with E-state index in [4.69, 9.17) is 5.11 Å². The van der Waals surface area contributed by atoms with E-state index in [0.29, 0.717) is 6.54 Å². The zero-order valence-electron chi connectivity index (χ0n) is 7.13. The van der Waals surface area contributed by atoms with Crippen LogP contribution in [0.1, 0.15) is 19.8 Å². The van der Waals surface area contributed by atoms with Gasteiger partial charge in [-0.2, -0.15) is 0 Å². The molecular formula is C8H15NO2. The van der Waals surface area contributed by atoms with Crippen LogP contribution in [0.15, 0.2) is 0 Å². The Hall–Kier alpha value is -0.570. The summed E-state index contributed by atoms with van der Waals surface area (Å²) >= 11 is 0. The van der Waals surface area contributed by atoms with Crippen LogP contribution in [0.5, 0.6) is 0 Å². The largest absolute Gasteiger partial charge is 0.481 e. The van der Waals surface area contributed by atoms with E-state index < -0.39 is 11.4 Å². The van der Waals surface area contributed by atoms with Crippen molar-refractivity contribution in [2.24, 2.45) is 5.41 Å². The van der Waals surface area contributed by atoms with Gasteiger partial charge in [0.2, 0.25) is 0 Å². The third kappa shape index (κ3) is 1.71. The highest BCUT2D eigenvalue weighted by Gasteiger charge is 2.36. The van der Waals surface area contributed by atoms with Crippen molar-refractivity contribution in [1.82, 2.24) is 4.90 Å². The van der Waals surface area contributed by atoms with Crippen molar-refractivity contribution >= 4 is 5.97 Å². The number of piperidine rings is 1. The summed E-state index contributed by atoms with van der Waals surface area (Å²) in [7, 11) is 1.97. The van der Waals surface area contributed by atoms with E-state index in [9.17, 15) is 4.79 Å². The first kappa shape index (κ1) is 8.53. The first-order valence-corrected chi connectivity index (χ1v) is 3.96. The van der Waals surface area contributed by atoms with Crippen LogP contribution in [0.4, 0.5) is 0 Å². The topological polar surface area (TPSA) is 40.5 Å². The first-order chi connectivity index (χ1) is 5.04. The fraction of sp³-hybridized carbons (Fsp3) is 0.875. The molecule has 64 valence electrons. The van der Waals surface area contributed by atoms with Crippen molar-refractivity contribution in [3.63, 3.8) is 0 Å². The van der Waals surface area contributed by atoms with Crippen LogP contribution in [-0.4, -0.2) is 36.1 Å². The number of nitrogens with zero attached hydrogens (tertiary/aromatic N) is 1. The van der Waals surface area contributed by atoms with E-state index in [1.807, 2.05) is 14.0 Å². The molecule has 1 heterocycles. The van der Waals surface area contributed by atoms with Gasteiger partial charge >= 0.3 is 5.97 Å². The molecule has 1 aliphatic rings. The molecule has 0 amide bonds. The lowest BCUT2D eigenvalue weighted by molar-refractivity contribution is -0.150. The van der Waals surface area contributed by atoms with Gasteiger partial charge in [-0.25, -0.2) is 0 Å². The van der Waals surface area contributed by atoms with Gasteiger partial charge in [-0.1, -0.05) is 0 Å². The third-order valence-electron chi connectivity index (χ3n) is 2.40. The van der Waals surface area contributed by atoms with Gasteiger partial charge in [-0.3, -0.25) is 4.79 Å². The normalized spacial score (nSPS) is 33.6. The first-order valence-electron chi connectivity index (χ1n) is 3.96. The molecule has 0 bridgehead atoms. The molecular weight excluding hydrogens is 142 g/mol. The number of aliphatic carboxylic acids is 1. The molecule has 0 aliphatic carbocycles. The number of hydrogen-bond donors (Lipinski definition) is 1. The summed E-state index contributed by atoms with van der Waals surface area (Å²) < 4.78 is 0. The second kappa shape index (κ2) is 2.81. The summed E-state index contributed by atoms with van der Waals surface area (Å²) in [6.45, 7) is 3.54. The van der Waals surface area contributed by atoms with Gasteiger partial charge in [0, 0.05) is 6.54 Å². The molecule has 3 nitrogen and oxygen atoms in total. The number of hydrogen-bond acceptors (Lipinski definition) is 2. The van der Waals surface area contributed by atoms with Gasteiger partial charge in [0.15, 0.2) is 0 Å². The zero-order valence-corrected chi connectivity index (χ0v) is 7.13. The van der Waals surface area contributed by atoms with Crippen LogP contribution in [0.2, 0.25) is 0 Å². The van der Waals surface area contributed by atoms with E-state index in [2.05, 4.69) is 4.90 Å². The lowest BCUT2D eigenvalue weighted by atomic mass is 9.82. The van der Waals surface area contributed by atoms with Crippen molar-refractivity contribution in [2.45, 2.75) is 19.8 Å². The quantitative estimate of drug-likeness (QED) is 0.612. The van der Waals surface area contributed by atoms with Crippen LogP contribution in [0.3, 0.4) is 0 Å². The maximum absolute atomic E-state index is 10.8. The molecule has 11 heavy (non-hydrogen) atoms. The molecule has 1 saturated heterocycles. The predicted molar refractivity (Wildman–Crippen MR) is 42.5 cm³/mol. The van der Waals surface area contributed by atoms with Crippen molar-refractivity contribution in [1.29, 1.82) is 0 Å². The Kier molecular flexibility index (Phi) is 2.18. The molecule has 3 heteroatoms. The highest BCUT2D eigenvalue weighted by Crippen LogP contribution is 2.28. The van der Waals surface area contributed by atoms with Crippen molar-refractivity contribution in [3.8, 4) is 0 Å². The minimum absolute atomic E-state index is 0.507. The zero-order chi connectivity index (χ0) is 8.48. The molecule has 0 aromatic rings. The van der Waals surface area contributed by atoms with Gasteiger partial charge < -0.3 is 10.0 Å². The molecule has 0 saturated carbocycles. The van der Waals surface area contributed by atoms with E-state index in [1.165, 1.54) is 0 Å². The van der Waals surface area contributed by atoms with Gasteiger partial charge in [0.05, 0.1) is 5.41 Å². The summed E-state index contributed by atoms with van der Waals surface area (Å²) in [5.41, 5.74) is -0.507. The third-order valence-corrected chi connectivity index (χ3v) is 2.40. The minimum atomic E-state index is -0.663. The van der Waals surface area contributed by atoms with Crippen molar-refractivity contribution < 1.29 is 9.90 Å². The summed E-state index contributed by atoms with van der Waals surface area (Å²) in [4.78, 5) is 12.9. The Bertz CT molecular complexity index is 169. The predicted octanol–water partition coefficient (Wildman–Crippen LogP) is 0.803. The van der Waals surface area contributed by atoms with E-state index in [0.717, 1.165) is 19.4 Å². The van der Waals surface area contributed by atoms with Gasteiger partial charge in [-0.15, -0.1) is 0 Å². The summed E-state index contributed by atoms with van der Waals surface area (Å²) in [6.07, 6.45) is 1.81. The molecule has 0 aromatic heterocycles. The number of likely N-dealkylation sites (tertiary alicyclic amines) is 1. The Morgan fingerprint density at radius 1 is 1.64 bits per heavy atom. The lowest BCUT2D eigenvalue weighted by Crippen LogP contribution is -2.44. The van der Waals surface area contributed by atoms with Crippen molar-refractivity contribution in [3.05, 3.63) is 0 Å². The molecule has 1 fully saturated rings. The van der Waals surface area contributed by atoms with Crippen LogP contribution in [0.25, 0.3) is 0 Å². The molecule has 0 spiro atoms. The van der Waals surface area contributed by atoms with Gasteiger partial charge in [0.1, 0.15) is 0 Å². The molecule has 1 aliphatic heterocycles. The Labute approximate surface area is 67.0 Å². The van der Waals surface area contributed by atoms with E-state index >= 15 is 0 Å². The fourth-order valence-corrected chi connectivity index (χ4v) is 1.67. The fourth-order valence-electron chi connectivity index (χ4n) is 1.67.